The maximum Gasteiger partial charge on any atom is 0.258 e. The van der Waals surface area contributed by atoms with E-state index in [0.717, 1.165) is 5.56 Å². The summed E-state index contributed by atoms with van der Waals surface area (Å²) in [7, 11) is -3.84. The number of rotatable bonds is 7. The van der Waals surface area contributed by atoms with Crippen molar-refractivity contribution in [1.82, 2.24) is 10.1 Å². The van der Waals surface area contributed by atoms with Gasteiger partial charge in [-0.05, 0) is 48.7 Å². The van der Waals surface area contributed by atoms with Gasteiger partial charge in [-0.1, -0.05) is 31.5 Å². The van der Waals surface area contributed by atoms with Gasteiger partial charge in [0, 0.05) is 0 Å². The number of hydrogen-bond donors (Lipinski definition) is 2. The van der Waals surface area contributed by atoms with Crippen LogP contribution in [-0.4, -0.2) is 33.4 Å². The van der Waals surface area contributed by atoms with Crippen LogP contribution in [0.25, 0.3) is 0 Å². The first kappa shape index (κ1) is 20.8. The van der Waals surface area contributed by atoms with E-state index in [1.165, 1.54) is 18.3 Å². The highest BCUT2D eigenvalue weighted by atomic mass is 32.2. The summed E-state index contributed by atoms with van der Waals surface area (Å²) in [5.41, 5.74) is 4.04. The molecule has 154 valence electrons. The number of hydrogen-bond acceptors (Lipinski definition) is 6. The van der Waals surface area contributed by atoms with Crippen molar-refractivity contribution < 1.29 is 22.7 Å². The van der Waals surface area contributed by atoms with E-state index in [4.69, 9.17) is 9.47 Å². The Morgan fingerprint density at radius 1 is 1.10 bits per heavy atom. The zero-order valence-corrected chi connectivity index (χ0v) is 17.2. The highest BCUT2D eigenvalue weighted by molar-refractivity contribution is 7.89. The fourth-order valence-corrected chi connectivity index (χ4v) is 4.02. The molecule has 0 saturated heterocycles. The lowest BCUT2D eigenvalue weighted by Gasteiger charge is -2.20. The summed E-state index contributed by atoms with van der Waals surface area (Å²) in [5.74, 6) is 0.423. The van der Waals surface area contributed by atoms with Crippen LogP contribution < -0.4 is 19.6 Å². The largest absolute Gasteiger partial charge is 0.454 e. The Bertz CT molecular complexity index is 1020. The summed E-state index contributed by atoms with van der Waals surface area (Å²) in [6.45, 7) is 5.54. The summed E-state index contributed by atoms with van der Waals surface area (Å²) in [6.07, 6.45) is 1.45. The summed E-state index contributed by atoms with van der Waals surface area (Å²) < 4.78 is 38.2. The molecule has 0 fully saturated rings. The van der Waals surface area contributed by atoms with Crippen LogP contribution in [0.2, 0.25) is 0 Å². The van der Waals surface area contributed by atoms with Gasteiger partial charge in [0.25, 0.3) is 5.91 Å². The topological polar surface area (TPSA) is 106 Å². The molecular formula is C20H23N3O5S. The average Bonchev–Trinajstić information content (AvgIpc) is 3.14. The minimum Gasteiger partial charge on any atom is -0.454 e. The Hall–Kier alpha value is -2.91. The van der Waals surface area contributed by atoms with Gasteiger partial charge in [-0.25, -0.2) is 13.8 Å². The van der Waals surface area contributed by atoms with Crippen LogP contribution in [0.3, 0.4) is 0 Å². The Morgan fingerprint density at radius 3 is 2.48 bits per heavy atom. The van der Waals surface area contributed by atoms with Gasteiger partial charge in [0.2, 0.25) is 16.8 Å². The number of fused-ring (bicyclic) bond motifs is 1. The van der Waals surface area contributed by atoms with Crippen LogP contribution >= 0.6 is 0 Å². The van der Waals surface area contributed by atoms with Crippen LogP contribution in [0.4, 0.5) is 0 Å². The first-order valence-corrected chi connectivity index (χ1v) is 10.6. The summed E-state index contributed by atoms with van der Waals surface area (Å²) >= 11 is 0. The van der Waals surface area contributed by atoms with E-state index in [9.17, 15) is 13.2 Å². The Balaban J connectivity index is 1.67. The lowest BCUT2D eigenvalue weighted by molar-refractivity contribution is -0.123. The number of hydrazone groups is 1. The van der Waals surface area contributed by atoms with Gasteiger partial charge in [0.1, 0.15) is 6.04 Å². The van der Waals surface area contributed by atoms with E-state index in [1.807, 2.05) is 6.92 Å². The van der Waals surface area contributed by atoms with E-state index >= 15 is 0 Å². The second-order valence-electron chi connectivity index (χ2n) is 7.00. The zero-order chi connectivity index (χ0) is 21.0. The lowest BCUT2D eigenvalue weighted by Crippen LogP contribution is -2.48. The highest BCUT2D eigenvalue weighted by Gasteiger charge is 2.28. The van der Waals surface area contributed by atoms with Gasteiger partial charge in [0.15, 0.2) is 11.5 Å². The van der Waals surface area contributed by atoms with E-state index in [1.54, 1.807) is 44.2 Å². The predicted octanol–water partition coefficient (Wildman–Crippen LogP) is 2.18. The van der Waals surface area contributed by atoms with Crippen LogP contribution in [0.1, 0.15) is 25.0 Å². The van der Waals surface area contributed by atoms with Gasteiger partial charge in [-0.15, -0.1) is 0 Å². The van der Waals surface area contributed by atoms with Gasteiger partial charge in [-0.3, -0.25) is 4.79 Å². The molecule has 1 amide bonds. The molecular weight excluding hydrogens is 394 g/mol. The molecule has 0 spiro atoms. The number of benzene rings is 2. The predicted molar refractivity (Wildman–Crippen MR) is 108 cm³/mol. The SMILES string of the molecule is Cc1ccc(S(=O)(=O)N[C@H](C(=O)N/N=C\c2ccc3c(c2)OCO3)C(C)C)cc1. The molecule has 1 atom stereocenters. The summed E-state index contributed by atoms with van der Waals surface area (Å²) in [5, 5.41) is 3.93. The molecule has 8 nitrogen and oxygen atoms in total. The van der Waals surface area contributed by atoms with E-state index in [0.29, 0.717) is 17.1 Å². The number of aryl methyl sites for hydroxylation is 1. The molecule has 1 heterocycles. The van der Waals surface area contributed by atoms with Crippen LogP contribution in [0, 0.1) is 12.8 Å². The van der Waals surface area contributed by atoms with Gasteiger partial charge in [-0.2, -0.15) is 9.82 Å². The van der Waals surface area contributed by atoms with Gasteiger partial charge in [0.05, 0.1) is 11.1 Å². The van der Waals surface area contributed by atoms with Crippen molar-refractivity contribution in [1.29, 1.82) is 0 Å². The molecule has 0 aromatic heterocycles. The van der Waals surface area contributed by atoms with E-state index in [-0.39, 0.29) is 17.6 Å². The van der Waals surface area contributed by atoms with Crippen molar-refractivity contribution in [2.45, 2.75) is 31.7 Å². The molecule has 3 rings (SSSR count). The Morgan fingerprint density at radius 2 is 1.79 bits per heavy atom. The number of ether oxygens (including phenoxy) is 2. The molecule has 0 radical (unpaired) electrons. The molecule has 2 aromatic carbocycles. The molecule has 2 aromatic rings. The van der Waals surface area contributed by atoms with Crippen molar-refractivity contribution in [2.24, 2.45) is 11.0 Å². The first-order valence-electron chi connectivity index (χ1n) is 9.08. The van der Waals surface area contributed by atoms with E-state index < -0.39 is 22.0 Å². The maximum absolute atomic E-state index is 12.6. The van der Waals surface area contributed by atoms with Gasteiger partial charge < -0.3 is 9.47 Å². The molecule has 1 aliphatic rings. The molecule has 0 saturated carbocycles. The van der Waals surface area contributed by atoms with Gasteiger partial charge >= 0.3 is 0 Å². The van der Waals surface area contributed by atoms with Crippen molar-refractivity contribution >= 4 is 22.1 Å². The van der Waals surface area contributed by atoms with Crippen molar-refractivity contribution in [3.63, 3.8) is 0 Å². The third kappa shape index (κ3) is 5.12. The summed E-state index contributed by atoms with van der Waals surface area (Å²) in [6, 6.07) is 10.7. The Labute approximate surface area is 170 Å². The number of nitrogens with one attached hydrogen (secondary N) is 2. The number of carbonyl (C=O) groups is 1. The fourth-order valence-electron chi connectivity index (χ4n) is 2.68. The maximum atomic E-state index is 12.6. The van der Waals surface area contributed by atoms with Crippen LogP contribution in [0.5, 0.6) is 11.5 Å². The minimum absolute atomic E-state index is 0.102. The van der Waals surface area contributed by atoms with E-state index in [2.05, 4.69) is 15.2 Å². The molecule has 9 heteroatoms. The number of carbonyl (C=O) groups excluding carboxylic acids is 1. The van der Waals surface area contributed by atoms with Crippen LogP contribution in [0.15, 0.2) is 52.5 Å². The highest BCUT2D eigenvalue weighted by Crippen LogP contribution is 2.31. The average molecular weight is 417 g/mol. The number of amides is 1. The third-order valence-corrected chi connectivity index (χ3v) is 5.80. The normalized spacial score (nSPS) is 14.3. The number of sulfonamides is 1. The number of nitrogens with zero attached hydrogens (tertiary/aromatic N) is 1. The summed E-state index contributed by atoms with van der Waals surface area (Å²) in [4.78, 5) is 12.6. The molecule has 29 heavy (non-hydrogen) atoms. The second-order valence-corrected chi connectivity index (χ2v) is 8.72. The second kappa shape index (κ2) is 8.62. The molecule has 0 unspecified atom stereocenters. The Kier molecular flexibility index (Phi) is 6.19. The van der Waals surface area contributed by atoms with Crippen molar-refractivity contribution in [3.05, 3.63) is 53.6 Å². The molecule has 0 bridgehead atoms. The fraction of sp³-hybridized carbons (Fsp3) is 0.300. The third-order valence-electron chi connectivity index (χ3n) is 4.35. The quantitative estimate of drug-likeness (QED) is 0.531. The molecule has 2 N–H and O–H groups in total. The molecule has 0 aliphatic carbocycles. The standard InChI is InChI=1S/C20H23N3O5S/c1-13(2)19(23-29(25,26)16-7-4-14(3)5-8-16)20(24)22-21-11-15-6-9-17-18(10-15)28-12-27-17/h4-11,13,19,23H,12H2,1-3H3,(H,22,24)/b21-11-/t19-/m0/s1. The van der Waals surface area contributed by atoms with Crippen molar-refractivity contribution in [3.8, 4) is 11.5 Å². The lowest BCUT2D eigenvalue weighted by atomic mass is 10.1. The zero-order valence-electron chi connectivity index (χ0n) is 16.4. The first-order chi connectivity index (χ1) is 13.8. The smallest absolute Gasteiger partial charge is 0.258 e. The molecule has 1 aliphatic heterocycles. The van der Waals surface area contributed by atoms with Crippen molar-refractivity contribution in [2.75, 3.05) is 6.79 Å². The minimum atomic E-state index is -3.84. The van der Waals surface area contributed by atoms with Crippen LogP contribution in [-0.2, 0) is 14.8 Å². The monoisotopic (exact) mass is 417 g/mol.